The van der Waals surface area contributed by atoms with E-state index < -0.39 is 30.5 Å². The zero-order chi connectivity index (χ0) is 24.9. The highest BCUT2D eigenvalue weighted by atomic mass is 32.2. The molecule has 190 valence electrons. The normalized spacial score (nSPS) is 21.6. The topological polar surface area (TPSA) is 90.6 Å². The molecule has 3 rings (SSSR count). The van der Waals surface area contributed by atoms with Crippen LogP contribution in [-0.4, -0.2) is 81.0 Å². The SMILES string of the molecule is CSC1=C(/C(=C/NC(=O)CN2CCCC(O)C2)C(O)c2cnn(C)c2C(F)(F)CF)CCSC1. The van der Waals surface area contributed by atoms with Gasteiger partial charge < -0.3 is 15.5 Å². The largest absolute Gasteiger partial charge is 0.392 e. The van der Waals surface area contributed by atoms with Gasteiger partial charge in [-0.25, -0.2) is 4.39 Å². The van der Waals surface area contributed by atoms with E-state index in [1.807, 2.05) is 11.2 Å². The van der Waals surface area contributed by atoms with Gasteiger partial charge in [-0.2, -0.15) is 25.6 Å². The average molecular weight is 521 g/mol. The molecular weight excluding hydrogens is 489 g/mol. The zero-order valence-electron chi connectivity index (χ0n) is 19.3. The van der Waals surface area contributed by atoms with Crippen LogP contribution in [0.25, 0.3) is 0 Å². The lowest BCUT2D eigenvalue weighted by molar-refractivity contribution is -0.122. The predicted molar refractivity (Wildman–Crippen MR) is 128 cm³/mol. The minimum atomic E-state index is -3.82. The summed E-state index contributed by atoms with van der Waals surface area (Å²) in [5.74, 6) is -2.66. The lowest BCUT2D eigenvalue weighted by Crippen LogP contribution is -2.43. The van der Waals surface area contributed by atoms with Crippen LogP contribution in [-0.2, 0) is 17.8 Å². The van der Waals surface area contributed by atoms with Gasteiger partial charge in [-0.1, -0.05) is 0 Å². The summed E-state index contributed by atoms with van der Waals surface area (Å²) in [5.41, 5.74) is 0.181. The van der Waals surface area contributed by atoms with Gasteiger partial charge in [0, 0.05) is 36.7 Å². The van der Waals surface area contributed by atoms with Crippen LogP contribution in [0.5, 0.6) is 0 Å². The van der Waals surface area contributed by atoms with Crippen molar-refractivity contribution in [2.24, 2.45) is 7.05 Å². The van der Waals surface area contributed by atoms with Crippen molar-refractivity contribution >= 4 is 29.4 Å². The molecule has 7 nitrogen and oxygen atoms in total. The molecule has 1 fully saturated rings. The van der Waals surface area contributed by atoms with Gasteiger partial charge in [0.1, 0.15) is 11.8 Å². The molecule has 1 aromatic heterocycles. The smallest absolute Gasteiger partial charge is 0.317 e. The van der Waals surface area contributed by atoms with Crippen LogP contribution in [0.2, 0.25) is 0 Å². The molecule has 1 saturated heterocycles. The van der Waals surface area contributed by atoms with E-state index in [4.69, 9.17) is 0 Å². The maximum Gasteiger partial charge on any atom is 0.317 e. The standard InChI is InChI=1S/C22H31F3N4O3S2/c1-28-21(22(24,25)13-23)17(9-27-28)20(32)16(15-5-7-34-12-18(15)33-2)8-26-19(31)11-29-6-3-4-14(30)10-29/h8-9,14,20,30,32H,3-7,10-13H2,1-2H3,(H,26,31)/b16-8-. The van der Waals surface area contributed by atoms with Gasteiger partial charge in [0.2, 0.25) is 5.91 Å². The molecule has 2 unspecified atom stereocenters. The van der Waals surface area contributed by atoms with E-state index in [1.165, 1.54) is 25.0 Å². The van der Waals surface area contributed by atoms with Gasteiger partial charge in [-0.05, 0) is 48.3 Å². The zero-order valence-corrected chi connectivity index (χ0v) is 20.9. The molecule has 0 bridgehead atoms. The molecule has 2 aliphatic heterocycles. The Hall–Kier alpha value is -1.47. The molecular formula is C22H31F3N4O3S2. The number of carbonyl (C=O) groups is 1. The van der Waals surface area contributed by atoms with Crippen molar-refractivity contribution in [1.82, 2.24) is 20.0 Å². The van der Waals surface area contributed by atoms with Crippen molar-refractivity contribution in [3.63, 3.8) is 0 Å². The lowest BCUT2D eigenvalue weighted by Gasteiger charge is -2.29. The number of thioether (sulfide) groups is 2. The summed E-state index contributed by atoms with van der Waals surface area (Å²) in [6, 6.07) is 0. The summed E-state index contributed by atoms with van der Waals surface area (Å²) >= 11 is 3.23. The minimum absolute atomic E-state index is 0.0687. The van der Waals surface area contributed by atoms with Crippen molar-refractivity contribution in [1.29, 1.82) is 0 Å². The monoisotopic (exact) mass is 520 g/mol. The molecule has 0 saturated carbocycles. The predicted octanol–water partition coefficient (Wildman–Crippen LogP) is 2.73. The fourth-order valence-electron chi connectivity index (χ4n) is 4.30. The second kappa shape index (κ2) is 12.0. The summed E-state index contributed by atoms with van der Waals surface area (Å²) in [5, 5.41) is 27.6. The quantitative estimate of drug-likeness (QED) is 0.461. The number of amides is 1. The van der Waals surface area contributed by atoms with Gasteiger partial charge in [-0.15, -0.1) is 11.8 Å². The second-order valence-electron chi connectivity index (χ2n) is 8.42. The van der Waals surface area contributed by atoms with Gasteiger partial charge in [0.15, 0.2) is 6.67 Å². The Morgan fingerprint density at radius 1 is 1.50 bits per heavy atom. The van der Waals surface area contributed by atoms with E-state index in [1.54, 1.807) is 11.8 Å². The highest BCUT2D eigenvalue weighted by Gasteiger charge is 2.40. The number of aryl methyl sites for hydroxylation is 1. The van der Waals surface area contributed by atoms with Gasteiger partial charge in [0.05, 0.1) is 18.8 Å². The van der Waals surface area contributed by atoms with Crippen LogP contribution in [0.1, 0.15) is 36.6 Å². The molecule has 2 atom stereocenters. The fraction of sp³-hybridized carbons (Fsp3) is 0.636. The van der Waals surface area contributed by atoms with Gasteiger partial charge >= 0.3 is 5.92 Å². The Morgan fingerprint density at radius 3 is 2.94 bits per heavy atom. The molecule has 0 radical (unpaired) electrons. The first-order chi connectivity index (χ1) is 16.2. The van der Waals surface area contributed by atoms with E-state index in [2.05, 4.69) is 10.4 Å². The van der Waals surface area contributed by atoms with E-state index in [0.29, 0.717) is 37.3 Å². The van der Waals surface area contributed by atoms with Crippen LogP contribution in [0.4, 0.5) is 13.2 Å². The molecule has 0 aromatic carbocycles. The molecule has 3 heterocycles. The van der Waals surface area contributed by atoms with Crippen molar-refractivity contribution < 1.29 is 28.2 Å². The first-order valence-electron chi connectivity index (χ1n) is 11.1. The first-order valence-corrected chi connectivity index (χ1v) is 13.4. The minimum Gasteiger partial charge on any atom is -0.392 e. The van der Waals surface area contributed by atoms with Gasteiger partial charge in [-0.3, -0.25) is 14.4 Å². The molecule has 0 spiro atoms. The third-order valence-electron chi connectivity index (χ3n) is 5.97. The van der Waals surface area contributed by atoms with Crippen molar-refractivity contribution in [2.45, 2.75) is 37.4 Å². The van der Waals surface area contributed by atoms with Crippen molar-refractivity contribution in [2.75, 3.05) is 44.1 Å². The Bertz CT molecular complexity index is 938. The maximum absolute atomic E-state index is 14.4. The molecule has 0 aliphatic carbocycles. The number of aromatic nitrogens is 2. The number of likely N-dealkylation sites (tertiary alicyclic amines) is 1. The van der Waals surface area contributed by atoms with E-state index in [0.717, 1.165) is 33.5 Å². The number of aliphatic hydroxyl groups excluding tert-OH is 2. The highest BCUT2D eigenvalue weighted by molar-refractivity contribution is 8.05. The molecule has 3 N–H and O–H groups in total. The number of aliphatic hydroxyl groups is 2. The third kappa shape index (κ3) is 6.39. The third-order valence-corrected chi connectivity index (χ3v) is 8.02. The number of rotatable bonds is 9. The van der Waals surface area contributed by atoms with Crippen molar-refractivity contribution in [3.05, 3.63) is 39.7 Å². The number of alkyl halides is 3. The van der Waals surface area contributed by atoms with Crippen LogP contribution >= 0.6 is 23.5 Å². The highest BCUT2D eigenvalue weighted by Crippen LogP contribution is 2.41. The number of nitrogens with one attached hydrogen (secondary N) is 1. The number of hydrogen-bond acceptors (Lipinski definition) is 7. The average Bonchev–Trinajstić information content (AvgIpc) is 3.21. The number of halogens is 3. The van der Waals surface area contributed by atoms with E-state index >= 15 is 0 Å². The number of piperidine rings is 1. The number of β-amino-alcohol motifs (C(OH)–C–C–N with tert-alkyl or cyclic N) is 1. The Morgan fingerprint density at radius 2 is 2.26 bits per heavy atom. The van der Waals surface area contributed by atoms with Crippen LogP contribution in [0, 0.1) is 0 Å². The summed E-state index contributed by atoms with van der Waals surface area (Å²) < 4.78 is 42.8. The Labute approximate surface area is 205 Å². The molecule has 2 aliphatic rings. The molecule has 34 heavy (non-hydrogen) atoms. The van der Waals surface area contributed by atoms with Crippen LogP contribution < -0.4 is 5.32 Å². The van der Waals surface area contributed by atoms with Crippen molar-refractivity contribution in [3.8, 4) is 0 Å². The Kier molecular flexibility index (Phi) is 9.56. The number of carbonyl (C=O) groups excluding carboxylic acids is 1. The molecule has 1 aromatic rings. The van der Waals surface area contributed by atoms with E-state index in [-0.39, 0.29) is 18.0 Å². The van der Waals surface area contributed by atoms with Crippen LogP contribution in [0.15, 0.2) is 28.4 Å². The molecule has 1 amide bonds. The summed E-state index contributed by atoms with van der Waals surface area (Å²) in [6.07, 6.45) is 4.48. The maximum atomic E-state index is 14.4. The van der Waals surface area contributed by atoms with E-state index in [9.17, 15) is 28.2 Å². The summed E-state index contributed by atoms with van der Waals surface area (Å²) in [6.45, 7) is -0.749. The first kappa shape index (κ1) is 27.1. The second-order valence-corrected chi connectivity index (χ2v) is 10.4. The van der Waals surface area contributed by atoms with Crippen LogP contribution in [0.3, 0.4) is 0 Å². The number of nitrogens with zero attached hydrogens (tertiary/aromatic N) is 3. The summed E-state index contributed by atoms with van der Waals surface area (Å²) in [7, 11) is 1.27. The fourth-order valence-corrected chi connectivity index (χ4v) is 6.34. The molecule has 12 heteroatoms. The van der Waals surface area contributed by atoms with Gasteiger partial charge in [0.25, 0.3) is 0 Å². The summed E-state index contributed by atoms with van der Waals surface area (Å²) in [4.78, 5) is 15.4. The Balaban J connectivity index is 1.92. The number of hydrogen-bond donors (Lipinski definition) is 3. The lowest BCUT2D eigenvalue weighted by atomic mass is 9.92.